The standard InChI is InChI=1S/C18H21N5O2/c1-12-10-16(22-18(19-12)23-8-3-4-9-23)17(25)21-15-7-5-6-14(11-15)20-13(2)24/h5-7,10-11H,3-4,8-9H2,1-2H3,(H,20,24)(H,21,25). The minimum Gasteiger partial charge on any atom is -0.341 e. The summed E-state index contributed by atoms with van der Waals surface area (Å²) < 4.78 is 0. The molecular weight excluding hydrogens is 318 g/mol. The van der Waals surface area contributed by atoms with E-state index in [1.54, 1.807) is 30.3 Å². The van der Waals surface area contributed by atoms with Crippen molar-refractivity contribution in [3.8, 4) is 0 Å². The molecule has 7 heteroatoms. The van der Waals surface area contributed by atoms with Crippen LogP contribution in [0.1, 0.15) is 35.9 Å². The van der Waals surface area contributed by atoms with Crippen molar-refractivity contribution in [2.45, 2.75) is 26.7 Å². The van der Waals surface area contributed by atoms with Crippen LogP contribution in [-0.2, 0) is 4.79 Å². The maximum Gasteiger partial charge on any atom is 0.274 e. The number of aromatic nitrogens is 2. The van der Waals surface area contributed by atoms with Gasteiger partial charge in [0.05, 0.1) is 0 Å². The van der Waals surface area contributed by atoms with E-state index >= 15 is 0 Å². The summed E-state index contributed by atoms with van der Waals surface area (Å²) in [7, 11) is 0. The second kappa shape index (κ2) is 7.29. The quantitative estimate of drug-likeness (QED) is 0.894. The van der Waals surface area contributed by atoms with E-state index in [4.69, 9.17) is 0 Å². The molecule has 2 N–H and O–H groups in total. The topological polar surface area (TPSA) is 87.2 Å². The molecule has 1 saturated heterocycles. The van der Waals surface area contributed by atoms with Gasteiger partial charge in [0.25, 0.3) is 5.91 Å². The second-order valence-corrected chi connectivity index (χ2v) is 6.10. The van der Waals surface area contributed by atoms with Crippen molar-refractivity contribution in [2.24, 2.45) is 0 Å². The Labute approximate surface area is 146 Å². The van der Waals surface area contributed by atoms with Crippen molar-refractivity contribution in [1.82, 2.24) is 9.97 Å². The molecule has 0 spiro atoms. The van der Waals surface area contributed by atoms with E-state index in [9.17, 15) is 9.59 Å². The number of carbonyl (C=O) groups excluding carboxylic acids is 2. The Balaban J connectivity index is 1.78. The lowest BCUT2D eigenvalue weighted by Crippen LogP contribution is -2.23. The van der Waals surface area contributed by atoms with Crippen LogP contribution in [0, 0.1) is 6.92 Å². The van der Waals surface area contributed by atoms with Crippen LogP contribution in [0.15, 0.2) is 30.3 Å². The number of carbonyl (C=O) groups is 2. The van der Waals surface area contributed by atoms with Crippen LogP contribution < -0.4 is 15.5 Å². The normalized spacial score (nSPS) is 13.6. The summed E-state index contributed by atoms with van der Waals surface area (Å²) >= 11 is 0. The highest BCUT2D eigenvalue weighted by atomic mass is 16.2. The monoisotopic (exact) mass is 339 g/mol. The summed E-state index contributed by atoms with van der Waals surface area (Å²) in [6.07, 6.45) is 2.24. The Hall–Kier alpha value is -2.96. The highest BCUT2D eigenvalue weighted by Gasteiger charge is 2.18. The van der Waals surface area contributed by atoms with E-state index in [1.165, 1.54) is 6.92 Å². The predicted molar refractivity (Wildman–Crippen MR) is 96.9 cm³/mol. The molecule has 0 aliphatic carbocycles. The predicted octanol–water partition coefficient (Wildman–Crippen LogP) is 2.60. The van der Waals surface area contributed by atoms with Gasteiger partial charge in [0.1, 0.15) is 5.69 Å². The van der Waals surface area contributed by atoms with E-state index in [0.29, 0.717) is 23.0 Å². The lowest BCUT2D eigenvalue weighted by atomic mass is 10.2. The molecule has 0 saturated carbocycles. The highest BCUT2D eigenvalue weighted by Crippen LogP contribution is 2.19. The molecule has 0 atom stereocenters. The fourth-order valence-corrected chi connectivity index (χ4v) is 2.80. The van der Waals surface area contributed by atoms with Crippen LogP contribution in [0.25, 0.3) is 0 Å². The minimum atomic E-state index is -0.300. The molecule has 1 aliphatic rings. The lowest BCUT2D eigenvalue weighted by molar-refractivity contribution is -0.114. The number of amides is 2. The SMILES string of the molecule is CC(=O)Nc1cccc(NC(=O)c2cc(C)nc(N3CCCC3)n2)c1. The van der Waals surface area contributed by atoms with E-state index < -0.39 is 0 Å². The van der Waals surface area contributed by atoms with Crippen LogP contribution in [-0.4, -0.2) is 34.9 Å². The number of aryl methyl sites for hydroxylation is 1. The molecule has 3 rings (SSSR count). The molecular formula is C18H21N5O2. The van der Waals surface area contributed by atoms with Crippen molar-refractivity contribution in [1.29, 1.82) is 0 Å². The zero-order valence-corrected chi connectivity index (χ0v) is 14.4. The van der Waals surface area contributed by atoms with E-state index in [-0.39, 0.29) is 11.8 Å². The third-order valence-corrected chi connectivity index (χ3v) is 3.90. The van der Waals surface area contributed by atoms with Gasteiger partial charge in [-0.2, -0.15) is 0 Å². The van der Waals surface area contributed by atoms with Crippen molar-refractivity contribution in [2.75, 3.05) is 28.6 Å². The van der Waals surface area contributed by atoms with Crippen LogP contribution >= 0.6 is 0 Å². The molecule has 25 heavy (non-hydrogen) atoms. The Morgan fingerprint density at radius 2 is 1.72 bits per heavy atom. The highest BCUT2D eigenvalue weighted by molar-refractivity contribution is 6.03. The van der Waals surface area contributed by atoms with Crippen LogP contribution in [0.3, 0.4) is 0 Å². The summed E-state index contributed by atoms with van der Waals surface area (Å²) in [5.74, 6) is 0.144. The van der Waals surface area contributed by atoms with Crippen molar-refractivity contribution in [3.63, 3.8) is 0 Å². The van der Waals surface area contributed by atoms with Gasteiger partial charge in [-0.05, 0) is 44.0 Å². The van der Waals surface area contributed by atoms with Gasteiger partial charge in [-0.15, -0.1) is 0 Å². The van der Waals surface area contributed by atoms with E-state index in [1.807, 2.05) is 6.92 Å². The molecule has 1 aromatic carbocycles. The third kappa shape index (κ3) is 4.32. The summed E-state index contributed by atoms with van der Waals surface area (Å²) in [5.41, 5.74) is 2.31. The average molecular weight is 339 g/mol. The molecule has 2 amide bonds. The maximum atomic E-state index is 12.6. The first-order chi connectivity index (χ1) is 12.0. The number of rotatable bonds is 4. The molecule has 130 valence electrons. The molecule has 7 nitrogen and oxygen atoms in total. The number of nitrogens with one attached hydrogen (secondary N) is 2. The van der Waals surface area contributed by atoms with Gasteiger partial charge < -0.3 is 15.5 Å². The molecule has 0 radical (unpaired) electrons. The molecule has 0 unspecified atom stereocenters. The first kappa shape index (κ1) is 16.9. The third-order valence-electron chi connectivity index (χ3n) is 3.90. The smallest absolute Gasteiger partial charge is 0.274 e. The van der Waals surface area contributed by atoms with Gasteiger partial charge in [-0.25, -0.2) is 9.97 Å². The van der Waals surface area contributed by atoms with Gasteiger partial charge in [0, 0.05) is 37.1 Å². The molecule has 2 aromatic rings. The Morgan fingerprint density at radius 1 is 1.04 bits per heavy atom. The van der Waals surface area contributed by atoms with Crippen LogP contribution in [0.5, 0.6) is 0 Å². The largest absolute Gasteiger partial charge is 0.341 e. The Kier molecular flexibility index (Phi) is 4.92. The number of hydrogen-bond donors (Lipinski definition) is 2. The van der Waals surface area contributed by atoms with Crippen molar-refractivity contribution >= 4 is 29.1 Å². The number of anilines is 3. The molecule has 1 aromatic heterocycles. The van der Waals surface area contributed by atoms with Crippen LogP contribution in [0.2, 0.25) is 0 Å². The summed E-state index contributed by atoms with van der Waals surface area (Å²) in [5, 5.41) is 5.51. The van der Waals surface area contributed by atoms with Gasteiger partial charge in [0.2, 0.25) is 11.9 Å². The van der Waals surface area contributed by atoms with Crippen molar-refractivity contribution in [3.05, 3.63) is 41.7 Å². The number of hydrogen-bond acceptors (Lipinski definition) is 5. The molecule has 1 fully saturated rings. The van der Waals surface area contributed by atoms with Gasteiger partial charge in [0.15, 0.2) is 0 Å². The zero-order valence-electron chi connectivity index (χ0n) is 14.4. The zero-order chi connectivity index (χ0) is 17.8. The fourth-order valence-electron chi connectivity index (χ4n) is 2.80. The first-order valence-corrected chi connectivity index (χ1v) is 8.31. The van der Waals surface area contributed by atoms with Gasteiger partial charge in [-0.1, -0.05) is 6.07 Å². The number of benzene rings is 1. The molecule has 2 heterocycles. The summed E-state index contributed by atoms with van der Waals surface area (Å²) in [6, 6.07) is 8.67. The maximum absolute atomic E-state index is 12.6. The van der Waals surface area contributed by atoms with Gasteiger partial charge >= 0.3 is 0 Å². The van der Waals surface area contributed by atoms with E-state index in [0.717, 1.165) is 31.6 Å². The van der Waals surface area contributed by atoms with Crippen molar-refractivity contribution < 1.29 is 9.59 Å². The Morgan fingerprint density at radius 3 is 2.40 bits per heavy atom. The second-order valence-electron chi connectivity index (χ2n) is 6.10. The van der Waals surface area contributed by atoms with E-state index in [2.05, 4.69) is 25.5 Å². The average Bonchev–Trinajstić information content (AvgIpc) is 3.08. The lowest BCUT2D eigenvalue weighted by Gasteiger charge is -2.16. The Bertz CT molecular complexity index is 800. The minimum absolute atomic E-state index is 0.162. The fraction of sp³-hybridized carbons (Fsp3) is 0.333. The summed E-state index contributed by atoms with van der Waals surface area (Å²) in [4.78, 5) is 34.7. The number of nitrogens with zero attached hydrogens (tertiary/aromatic N) is 3. The van der Waals surface area contributed by atoms with Crippen LogP contribution in [0.4, 0.5) is 17.3 Å². The molecule has 1 aliphatic heterocycles. The van der Waals surface area contributed by atoms with Gasteiger partial charge in [-0.3, -0.25) is 9.59 Å². The first-order valence-electron chi connectivity index (χ1n) is 8.31. The summed E-state index contributed by atoms with van der Waals surface area (Å²) in [6.45, 7) is 5.14. The molecule has 0 bridgehead atoms.